The molecule has 1 aromatic heterocycles. The van der Waals surface area contributed by atoms with Crippen LogP contribution in [0.1, 0.15) is 13.3 Å². The first-order valence-corrected chi connectivity index (χ1v) is 6.52. The van der Waals surface area contributed by atoms with E-state index in [-0.39, 0.29) is 0 Å². The topological polar surface area (TPSA) is 28.2 Å². The highest BCUT2D eigenvalue weighted by Crippen LogP contribution is 2.20. The summed E-state index contributed by atoms with van der Waals surface area (Å²) in [7, 11) is 2.18. The summed E-state index contributed by atoms with van der Waals surface area (Å²) >= 11 is 3.39. The number of hydrogen-bond acceptors (Lipinski definition) is 3. The molecule has 1 saturated heterocycles. The van der Waals surface area contributed by atoms with Crippen LogP contribution in [0.4, 0.5) is 5.82 Å². The second-order valence-electron chi connectivity index (χ2n) is 4.62. The van der Waals surface area contributed by atoms with Crippen LogP contribution < -0.4 is 5.32 Å². The van der Waals surface area contributed by atoms with Gasteiger partial charge in [-0.1, -0.05) is 13.0 Å². The number of piperidine rings is 1. The van der Waals surface area contributed by atoms with Crippen LogP contribution >= 0.6 is 15.9 Å². The van der Waals surface area contributed by atoms with Gasteiger partial charge >= 0.3 is 0 Å². The minimum absolute atomic E-state index is 0.540. The Morgan fingerprint density at radius 1 is 1.50 bits per heavy atom. The molecule has 1 aliphatic rings. The van der Waals surface area contributed by atoms with Crippen LogP contribution in [0.3, 0.4) is 0 Å². The maximum absolute atomic E-state index is 4.41. The Kier molecular flexibility index (Phi) is 3.82. The Morgan fingerprint density at radius 2 is 2.31 bits per heavy atom. The van der Waals surface area contributed by atoms with Crippen LogP contribution in [-0.4, -0.2) is 36.1 Å². The maximum atomic E-state index is 4.41. The molecular formula is C12H18BrN3. The molecule has 0 aromatic carbocycles. The first-order chi connectivity index (χ1) is 7.65. The van der Waals surface area contributed by atoms with Gasteiger partial charge in [-0.2, -0.15) is 0 Å². The number of hydrogen-bond donors (Lipinski definition) is 1. The number of nitrogens with zero attached hydrogens (tertiary/aromatic N) is 2. The molecule has 1 aliphatic heterocycles. The zero-order chi connectivity index (χ0) is 11.5. The van der Waals surface area contributed by atoms with Crippen LogP contribution in [0, 0.1) is 5.92 Å². The highest BCUT2D eigenvalue weighted by Gasteiger charge is 2.24. The summed E-state index contributed by atoms with van der Waals surface area (Å²) < 4.78 is 0.887. The van der Waals surface area contributed by atoms with Crippen LogP contribution in [0.15, 0.2) is 22.8 Å². The minimum Gasteiger partial charge on any atom is -0.367 e. The van der Waals surface area contributed by atoms with Crippen molar-refractivity contribution < 1.29 is 0 Å². The van der Waals surface area contributed by atoms with Crippen molar-refractivity contribution in [2.75, 3.05) is 25.5 Å². The molecule has 0 spiro atoms. The van der Waals surface area contributed by atoms with Gasteiger partial charge in [-0.05, 0) is 54.0 Å². The summed E-state index contributed by atoms with van der Waals surface area (Å²) in [6.07, 6.45) is 1.19. The normalized spacial score (nSPS) is 26.7. The summed E-state index contributed by atoms with van der Waals surface area (Å²) in [4.78, 5) is 6.80. The van der Waals surface area contributed by atoms with Gasteiger partial charge in [0.25, 0.3) is 0 Å². The number of likely N-dealkylation sites (tertiary alicyclic amines) is 1. The van der Waals surface area contributed by atoms with E-state index < -0.39 is 0 Å². The van der Waals surface area contributed by atoms with E-state index in [0.717, 1.165) is 23.5 Å². The molecular weight excluding hydrogens is 266 g/mol. The van der Waals surface area contributed by atoms with Gasteiger partial charge in [0.15, 0.2) is 0 Å². The van der Waals surface area contributed by atoms with Gasteiger partial charge < -0.3 is 10.2 Å². The Morgan fingerprint density at radius 3 is 3.00 bits per heavy atom. The Labute approximate surface area is 105 Å². The lowest BCUT2D eigenvalue weighted by molar-refractivity contribution is 0.206. The average molecular weight is 284 g/mol. The molecule has 1 fully saturated rings. The summed E-state index contributed by atoms with van der Waals surface area (Å²) in [6.45, 7) is 4.62. The summed E-state index contributed by atoms with van der Waals surface area (Å²) in [5, 5.41) is 3.52. The highest BCUT2D eigenvalue weighted by atomic mass is 79.9. The SMILES string of the molecule is CC1CN(C)CCC1Nc1cccc(Br)n1. The number of nitrogens with one attached hydrogen (secondary N) is 1. The zero-order valence-corrected chi connectivity index (χ0v) is 11.4. The van der Waals surface area contributed by atoms with Gasteiger partial charge in [-0.15, -0.1) is 0 Å². The molecule has 0 aliphatic carbocycles. The van der Waals surface area contributed by atoms with E-state index in [1.165, 1.54) is 6.42 Å². The van der Waals surface area contributed by atoms with Crippen LogP contribution in [0.25, 0.3) is 0 Å². The third kappa shape index (κ3) is 2.95. The second kappa shape index (κ2) is 5.15. The van der Waals surface area contributed by atoms with Crippen molar-refractivity contribution in [3.8, 4) is 0 Å². The van der Waals surface area contributed by atoms with Gasteiger partial charge in [0.1, 0.15) is 10.4 Å². The van der Waals surface area contributed by atoms with Gasteiger partial charge in [0.05, 0.1) is 0 Å². The van der Waals surface area contributed by atoms with E-state index in [1.807, 2.05) is 18.2 Å². The third-order valence-corrected chi connectivity index (χ3v) is 3.60. The average Bonchev–Trinajstić information content (AvgIpc) is 2.22. The molecule has 0 radical (unpaired) electrons. The lowest BCUT2D eigenvalue weighted by Crippen LogP contribution is -2.43. The Hall–Kier alpha value is -0.610. The first-order valence-electron chi connectivity index (χ1n) is 5.73. The molecule has 1 aromatic rings. The van der Waals surface area contributed by atoms with Crippen LogP contribution in [0.2, 0.25) is 0 Å². The monoisotopic (exact) mass is 283 g/mol. The van der Waals surface area contributed by atoms with Gasteiger partial charge in [-0.25, -0.2) is 4.98 Å². The Bertz CT molecular complexity index is 356. The largest absolute Gasteiger partial charge is 0.367 e. The maximum Gasteiger partial charge on any atom is 0.127 e. The number of aromatic nitrogens is 1. The fourth-order valence-corrected chi connectivity index (χ4v) is 2.59. The van der Waals surface area contributed by atoms with E-state index in [4.69, 9.17) is 0 Å². The molecule has 2 rings (SSSR count). The standard InChI is InChI=1S/C12H18BrN3/c1-9-8-16(2)7-6-10(9)14-12-5-3-4-11(13)15-12/h3-5,9-10H,6-8H2,1-2H3,(H,14,15). The van der Waals surface area contributed by atoms with Crippen LogP contribution in [-0.2, 0) is 0 Å². The lowest BCUT2D eigenvalue weighted by atomic mass is 9.94. The lowest BCUT2D eigenvalue weighted by Gasteiger charge is -2.35. The predicted octanol–water partition coefficient (Wildman–Crippen LogP) is 2.60. The van der Waals surface area contributed by atoms with E-state index >= 15 is 0 Å². The molecule has 0 bridgehead atoms. The molecule has 1 N–H and O–H groups in total. The van der Waals surface area contributed by atoms with Crippen molar-refractivity contribution in [2.45, 2.75) is 19.4 Å². The summed E-state index contributed by atoms with van der Waals surface area (Å²) in [6, 6.07) is 6.52. The zero-order valence-electron chi connectivity index (χ0n) is 9.78. The summed E-state index contributed by atoms with van der Waals surface area (Å²) in [5.74, 6) is 1.63. The molecule has 88 valence electrons. The second-order valence-corrected chi connectivity index (χ2v) is 5.44. The van der Waals surface area contributed by atoms with Gasteiger partial charge in [0.2, 0.25) is 0 Å². The minimum atomic E-state index is 0.540. The molecule has 16 heavy (non-hydrogen) atoms. The van der Waals surface area contributed by atoms with Crippen molar-refractivity contribution in [1.82, 2.24) is 9.88 Å². The fourth-order valence-electron chi connectivity index (χ4n) is 2.25. The molecule has 3 nitrogen and oxygen atoms in total. The van der Waals surface area contributed by atoms with Crippen molar-refractivity contribution in [2.24, 2.45) is 5.92 Å². The van der Waals surface area contributed by atoms with Crippen LogP contribution in [0.5, 0.6) is 0 Å². The van der Waals surface area contributed by atoms with Crippen molar-refractivity contribution in [3.63, 3.8) is 0 Å². The van der Waals surface area contributed by atoms with E-state index in [9.17, 15) is 0 Å². The number of rotatable bonds is 2. The smallest absolute Gasteiger partial charge is 0.127 e. The predicted molar refractivity (Wildman–Crippen MR) is 70.6 cm³/mol. The van der Waals surface area contributed by atoms with Crippen molar-refractivity contribution >= 4 is 21.7 Å². The molecule has 2 heterocycles. The van der Waals surface area contributed by atoms with Crippen molar-refractivity contribution in [3.05, 3.63) is 22.8 Å². The number of anilines is 1. The van der Waals surface area contributed by atoms with E-state index in [1.54, 1.807) is 0 Å². The third-order valence-electron chi connectivity index (χ3n) is 3.16. The molecule has 4 heteroatoms. The first kappa shape index (κ1) is 11.9. The molecule has 0 amide bonds. The Balaban J connectivity index is 1.99. The molecule has 0 saturated carbocycles. The molecule has 2 unspecified atom stereocenters. The number of pyridine rings is 1. The fraction of sp³-hybridized carbons (Fsp3) is 0.583. The number of halogens is 1. The van der Waals surface area contributed by atoms with E-state index in [2.05, 4.69) is 45.1 Å². The van der Waals surface area contributed by atoms with E-state index in [0.29, 0.717) is 12.0 Å². The van der Waals surface area contributed by atoms with Gasteiger partial charge in [-0.3, -0.25) is 0 Å². The summed E-state index contributed by atoms with van der Waals surface area (Å²) in [5.41, 5.74) is 0. The quantitative estimate of drug-likeness (QED) is 0.846. The molecule has 2 atom stereocenters. The van der Waals surface area contributed by atoms with Crippen molar-refractivity contribution in [1.29, 1.82) is 0 Å². The van der Waals surface area contributed by atoms with Gasteiger partial charge in [0, 0.05) is 12.6 Å². The highest BCUT2D eigenvalue weighted by molar-refractivity contribution is 9.10.